The van der Waals surface area contributed by atoms with Crippen molar-refractivity contribution in [2.24, 2.45) is 5.92 Å². The Hall–Kier alpha value is -3.52. The van der Waals surface area contributed by atoms with Crippen LogP contribution in [0.25, 0.3) is 22.3 Å². The molecule has 2 aromatic rings. The third-order valence-corrected chi connectivity index (χ3v) is 7.22. The molecule has 0 aliphatic rings. The second-order valence-corrected chi connectivity index (χ2v) is 10.5. The van der Waals surface area contributed by atoms with Crippen molar-refractivity contribution >= 4 is 45.5 Å². The molecule has 0 aromatic heterocycles. The molecule has 0 aliphatic heterocycles. The number of hydrogen-bond donors (Lipinski definition) is 2. The van der Waals surface area contributed by atoms with E-state index in [1.807, 2.05) is 0 Å². The number of ketones is 2. The molecule has 8 heteroatoms. The van der Waals surface area contributed by atoms with Gasteiger partial charge in [0.25, 0.3) is 0 Å². The summed E-state index contributed by atoms with van der Waals surface area (Å²) in [5, 5.41) is 12.8. The number of phenols is 1. The fourth-order valence-electron chi connectivity index (χ4n) is 3.90. The first-order chi connectivity index (χ1) is 17.8. The Morgan fingerprint density at radius 2 is 1.71 bits per heavy atom. The normalized spacial score (nSPS) is 12.3. The Labute approximate surface area is 227 Å². The van der Waals surface area contributed by atoms with Crippen LogP contribution in [0.1, 0.15) is 58.1 Å². The molecule has 2 rings (SSSR count). The second kappa shape index (κ2) is 13.9. The Bertz CT molecular complexity index is 1270. The Balaban J connectivity index is 2.17. The van der Waals surface area contributed by atoms with Crippen LogP contribution in [0, 0.1) is 11.7 Å². The van der Waals surface area contributed by atoms with E-state index in [1.54, 1.807) is 31.2 Å². The predicted molar refractivity (Wildman–Crippen MR) is 151 cm³/mol. The van der Waals surface area contributed by atoms with Gasteiger partial charge in [0.1, 0.15) is 23.1 Å². The lowest BCUT2D eigenvalue weighted by Crippen LogP contribution is -2.38. The first kappa shape index (κ1) is 30.7. The zero-order valence-electron chi connectivity index (χ0n) is 22.2. The maximum Gasteiger partial charge on any atom is 0.217 e. The smallest absolute Gasteiger partial charge is 0.217 e. The van der Waals surface area contributed by atoms with E-state index in [-0.39, 0.29) is 53.4 Å². The summed E-state index contributed by atoms with van der Waals surface area (Å²) in [5.74, 6) is -1.59. The maximum atomic E-state index is 14.8. The van der Waals surface area contributed by atoms with E-state index in [0.717, 1.165) is 17.3 Å². The summed E-state index contributed by atoms with van der Waals surface area (Å²) in [6, 6.07) is 8.70. The van der Waals surface area contributed by atoms with Gasteiger partial charge in [-0.2, -0.15) is 0 Å². The van der Waals surface area contributed by atoms with Crippen molar-refractivity contribution in [3.05, 3.63) is 66.5 Å². The number of nitrogens with one attached hydrogen (secondary N) is 1. The summed E-state index contributed by atoms with van der Waals surface area (Å²) in [7, 11) is 0. The summed E-state index contributed by atoms with van der Waals surface area (Å²) in [4.78, 5) is 47.9. The van der Waals surface area contributed by atoms with Crippen LogP contribution >= 0.6 is 11.8 Å². The summed E-state index contributed by atoms with van der Waals surface area (Å²) >= 11 is 0.906. The number of carbonyl (C=O) groups is 4. The van der Waals surface area contributed by atoms with Crippen LogP contribution in [0.3, 0.4) is 0 Å². The number of rotatable bonds is 13. The number of amides is 1. The molecule has 2 aromatic carbocycles. The lowest BCUT2D eigenvalue weighted by Gasteiger charge is -2.19. The summed E-state index contributed by atoms with van der Waals surface area (Å²) in [6.07, 6.45) is 0.519. The molecule has 0 fully saturated rings. The lowest BCUT2D eigenvalue weighted by molar-refractivity contribution is -0.125. The van der Waals surface area contributed by atoms with Gasteiger partial charge in [0.15, 0.2) is 0 Å². The van der Waals surface area contributed by atoms with Crippen molar-refractivity contribution in [3.63, 3.8) is 0 Å². The van der Waals surface area contributed by atoms with E-state index in [1.165, 1.54) is 32.9 Å². The number of benzene rings is 2. The van der Waals surface area contributed by atoms with Gasteiger partial charge in [0.2, 0.25) is 11.0 Å². The van der Waals surface area contributed by atoms with Crippen molar-refractivity contribution in [1.29, 1.82) is 0 Å². The SMILES string of the molecule is C=C(C)c1ccc(-c2ccc(O)c(C(=C)CCC(NC(C)=O)C(=O)SCC(CC(C)=O)C(C)=O)c2)c(F)c1. The first-order valence-electron chi connectivity index (χ1n) is 12.2. The molecule has 0 saturated heterocycles. The Morgan fingerprint density at radius 1 is 1.03 bits per heavy atom. The molecule has 0 radical (unpaired) electrons. The molecule has 1 amide bonds. The van der Waals surface area contributed by atoms with Crippen LogP contribution in [0.15, 0.2) is 49.6 Å². The molecular formula is C30H34FNO5S. The zero-order chi connectivity index (χ0) is 28.6. The van der Waals surface area contributed by atoms with E-state index in [4.69, 9.17) is 0 Å². The minimum atomic E-state index is -0.850. The van der Waals surface area contributed by atoms with Crippen LogP contribution in [-0.4, -0.2) is 39.5 Å². The van der Waals surface area contributed by atoms with E-state index >= 15 is 0 Å². The average Bonchev–Trinajstić information content (AvgIpc) is 2.83. The largest absolute Gasteiger partial charge is 0.507 e. The minimum Gasteiger partial charge on any atom is -0.507 e. The first-order valence-corrected chi connectivity index (χ1v) is 13.2. The van der Waals surface area contributed by atoms with E-state index < -0.39 is 17.8 Å². The van der Waals surface area contributed by atoms with Gasteiger partial charge in [-0.3, -0.25) is 14.4 Å². The van der Waals surface area contributed by atoms with Gasteiger partial charge in [-0.05, 0) is 68.5 Å². The minimum absolute atomic E-state index is 0.0389. The molecule has 38 heavy (non-hydrogen) atoms. The molecule has 0 spiro atoms. The average molecular weight is 540 g/mol. The van der Waals surface area contributed by atoms with Crippen molar-refractivity contribution in [3.8, 4) is 16.9 Å². The molecule has 0 heterocycles. The molecule has 0 saturated carbocycles. The number of thioether (sulfide) groups is 1. The Morgan fingerprint density at radius 3 is 2.26 bits per heavy atom. The van der Waals surface area contributed by atoms with Crippen molar-refractivity contribution < 1.29 is 28.7 Å². The topological polar surface area (TPSA) is 101 Å². The molecule has 0 aliphatic carbocycles. The highest BCUT2D eigenvalue weighted by atomic mass is 32.2. The summed E-state index contributed by atoms with van der Waals surface area (Å²) in [5.41, 5.74) is 3.26. The van der Waals surface area contributed by atoms with Crippen LogP contribution in [0.4, 0.5) is 4.39 Å². The fourth-order valence-corrected chi connectivity index (χ4v) is 5.00. The second-order valence-electron chi connectivity index (χ2n) is 9.45. The number of allylic oxidation sites excluding steroid dienone is 2. The lowest BCUT2D eigenvalue weighted by atomic mass is 9.94. The third-order valence-electron chi connectivity index (χ3n) is 6.08. The Kier molecular flexibility index (Phi) is 11.2. The van der Waals surface area contributed by atoms with E-state index in [0.29, 0.717) is 27.8 Å². The molecule has 202 valence electrons. The number of hydrogen-bond acceptors (Lipinski definition) is 6. The maximum absolute atomic E-state index is 14.8. The molecule has 2 atom stereocenters. The van der Waals surface area contributed by atoms with Crippen LogP contribution in [0.2, 0.25) is 0 Å². The van der Waals surface area contributed by atoms with Gasteiger partial charge >= 0.3 is 0 Å². The van der Waals surface area contributed by atoms with Crippen LogP contribution in [0.5, 0.6) is 5.75 Å². The number of phenolic OH excluding ortho intramolecular Hbond substituents is 1. The van der Waals surface area contributed by atoms with Crippen molar-refractivity contribution in [2.75, 3.05) is 5.75 Å². The van der Waals surface area contributed by atoms with Crippen molar-refractivity contribution in [1.82, 2.24) is 5.32 Å². The molecule has 2 unspecified atom stereocenters. The van der Waals surface area contributed by atoms with Gasteiger partial charge in [-0.25, -0.2) is 4.39 Å². The van der Waals surface area contributed by atoms with Gasteiger partial charge in [-0.15, -0.1) is 0 Å². The van der Waals surface area contributed by atoms with E-state index in [2.05, 4.69) is 18.5 Å². The molecule has 6 nitrogen and oxygen atoms in total. The number of Topliss-reactive ketones (excluding diaryl/α,β-unsaturated/α-hetero) is 2. The van der Waals surface area contributed by atoms with Crippen LogP contribution < -0.4 is 5.32 Å². The number of aromatic hydroxyl groups is 1. The van der Waals surface area contributed by atoms with Gasteiger partial charge in [0, 0.05) is 36.1 Å². The molecular weight excluding hydrogens is 505 g/mol. The monoisotopic (exact) mass is 539 g/mol. The zero-order valence-corrected chi connectivity index (χ0v) is 23.0. The van der Waals surface area contributed by atoms with E-state index in [9.17, 15) is 28.7 Å². The molecule has 0 bridgehead atoms. The number of halogens is 1. The highest BCUT2D eigenvalue weighted by Gasteiger charge is 2.24. The van der Waals surface area contributed by atoms with Gasteiger partial charge in [-0.1, -0.05) is 48.7 Å². The quantitative estimate of drug-likeness (QED) is 0.325. The predicted octanol–water partition coefficient (Wildman–Crippen LogP) is 5.97. The fraction of sp³-hybridized carbons (Fsp3) is 0.333. The summed E-state index contributed by atoms with van der Waals surface area (Å²) in [6.45, 7) is 13.7. The summed E-state index contributed by atoms with van der Waals surface area (Å²) < 4.78 is 14.8. The highest BCUT2D eigenvalue weighted by molar-refractivity contribution is 8.13. The standard InChI is InChI=1S/C30H34FNO5S/c1-17(2)22-8-10-25(27(31)15-22)23-9-12-29(36)26(14-23)18(3)7-11-28(32-21(6)35)30(37)38-16-24(20(5)34)13-19(4)33/h8-10,12,14-15,24,28,36H,1,3,7,11,13,16H2,2,4-6H3,(H,32,35). The van der Waals surface area contributed by atoms with Gasteiger partial charge < -0.3 is 15.2 Å². The highest BCUT2D eigenvalue weighted by Crippen LogP contribution is 2.34. The third kappa shape index (κ3) is 8.80. The van der Waals surface area contributed by atoms with Crippen LogP contribution in [-0.2, 0) is 19.2 Å². The van der Waals surface area contributed by atoms with Crippen molar-refractivity contribution in [2.45, 2.75) is 53.0 Å². The number of carbonyl (C=O) groups excluding carboxylic acids is 4. The molecule has 2 N–H and O–H groups in total. The van der Waals surface area contributed by atoms with Gasteiger partial charge in [0.05, 0.1) is 6.04 Å².